The molecule has 2 N–H and O–H groups in total. The molecular formula is C23H22N4O3S. The van der Waals surface area contributed by atoms with Crippen LogP contribution in [0.5, 0.6) is 5.75 Å². The van der Waals surface area contributed by atoms with Crippen molar-refractivity contribution >= 4 is 34.7 Å². The summed E-state index contributed by atoms with van der Waals surface area (Å²) in [6, 6.07) is 18.4. The van der Waals surface area contributed by atoms with Gasteiger partial charge in [-0.15, -0.1) is 0 Å². The van der Waals surface area contributed by atoms with E-state index in [4.69, 9.17) is 21.5 Å². The first-order valence-corrected chi connectivity index (χ1v) is 10.1. The molecule has 0 saturated heterocycles. The van der Waals surface area contributed by atoms with Gasteiger partial charge in [-0.3, -0.25) is 9.69 Å². The highest BCUT2D eigenvalue weighted by Gasteiger charge is 2.35. The predicted octanol–water partition coefficient (Wildman–Crippen LogP) is 4.34. The Kier molecular flexibility index (Phi) is 5.73. The van der Waals surface area contributed by atoms with Crippen LogP contribution in [0.2, 0.25) is 0 Å². The first-order chi connectivity index (χ1) is 15.0. The highest BCUT2D eigenvalue weighted by atomic mass is 32.1. The molecule has 0 bridgehead atoms. The number of carbonyl (C=O) groups excluding carboxylic acids is 1. The summed E-state index contributed by atoms with van der Waals surface area (Å²) in [5, 5.41) is 10.5. The number of methoxy groups -OCH3 is 1. The molecule has 0 aliphatic carbocycles. The van der Waals surface area contributed by atoms with E-state index >= 15 is 0 Å². The summed E-state index contributed by atoms with van der Waals surface area (Å²) in [5.41, 5.74) is 2.96. The van der Waals surface area contributed by atoms with Gasteiger partial charge in [-0.25, -0.2) is 0 Å². The molecule has 31 heavy (non-hydrogen) atoms. The molecule has 1 atom stereocenters. The van der Waals surface area contributed by atoms with Gasteiger partial charge in [0.15, 0.2) is 10.9 Å². The monoisotopic (exact) mass is 434 g/mol. The molecule has 8 heteroatoms. The maximum absolute atomic E-state index is 13.4. The van der Waals surface area contributed by atoms with Crippen molar-refractivity contribution in [3.8, 4) is 5.75 Å². The van der Waals surface area contributed by atoms with E-state index in [1.807, 2.05) is 66.4 Å². The van der Waals surface area contributed by atoms with E-state index in [2.05, 4.69) is 15.8 Å². The molecule has 0 spiro atoms. The molecule has 1 aliphatic heterocycles. The summed E-state index contributed by atoms with van der Waals surface area (Å²) in [7, 11) is 1.61. The fourth-order valence-corrected chi connectivity index (χ4v) is 3.97. The van der Waals surface area contributed by atoms with Crippen molar-refractivity contribution in [1.82, 2.24) is 10.5 Å². The lowest BCUT2D eigenvalue weighted by molar-refractivity contribution is -0.113. The number of hydrogen-bond acceptors (Lipinski definition) is 5. The summed E-state index contributed by atoms with van der Waals surface area (Å²) >= 11 is 5.69. The molecule has 2 aromatic carbocycles. The lowest BCUT2D eigenvalue weighted by Gasteiger charge is -2.37. The average Bonchev–Trinajstić information content (AvgIpc) is 3.18. The van der Waals surface area contributed by atoms with Crippen LogP contribution in [0.25, 0.3) is 0 Å². The summed E-state index contributed by atoms with van der Waals surface area (Å²) in [5.74, 6) is 1.36. The Hall–Kier alpha value is -3.65. The topological polar surface area (TPSA) is 79.6 Å². The fourth-order valence-electron chi connectivity index (χ4n) is 3.61. The van der Waals surface area contributed by atoms with Gasteiger partial charge in [-0.1, -0.05) is 35.5 Å². The zero-order valence-electron chi connectivity index (χ0n) is 17.4. The maximum Gasteiger partial charge on any atom is 0.257 e. The first-order valence-electron chi connectivity index (χ1n) is 9.73. The summed E-state index contributed by atoms with van der Waals surface area (Å²) < 4.78 is 10.5. The summed E-state index contributed by atoms with van der Waals surface area (Å²) in [6.45, 7) is 3.65. The number of carbonyl (C=O) groups is 1. The molecule has 0 fully saturated rings. The largest absolute Gasteiger partial charge is 0.497 e. The van der Waals surface area contributed by atoms with Gasteiger partial charge in [-0.05, 0) is 55.9 Å². The van der Waals surface area contributed by atoms with Gasteiger partial charge in [0.25, 0.3) is 5.91 Å². The van der Waals surface area contributed by atoms with Crippen LogP contribution in [-0.2, 0) is 4.79 Å². The van der Waals surface area contributed by atoms with Gasteiger partial charge in [0.05, 0.1) is 18.7 Å². The Bertz CT molecular complexity index is 1160. The highest BCUT2D eigenvalue weighted by molar-refractivity contribution is 7.80. The zero-order chi connectivity index (χ0) is 22.0. The Morgan fingerprint density at radius 1 is 1.16 bits per heavy atom. The van der Waals surface area contributed by atoms with Crippen LogP contribution in [0.1, 0.15) is 24.3 Å². The van der Waals surface area contributed by atoms with Gasteiger partial charge in [-0.2, -0.15) is 0 Å². The number of aromatic nitrogens is 1. The number of hydrogen-bond donors (Lipinski definition) is 2. The summed E-state index contributed by atoms with van der Waals surface area (Å²) in [4.78, 5) is 15.3. The number of anilines is 2. The van der Waals surface area contributed by atoms with Crippen LogP contribution in [0.15, 0.2) is 76.5 Å². The van der Waals surface area contributed by atoms with E-state index in [1.54, 1.807) is 20.1 Å². The van der Waals surface area contributed by atoms with Crippen molar-refractivity contribution in [1.29, 1.82) is 0 Å². The zero-order valence-corrected chi connectivity index (χ0v) is 18.2. The van der Waals surface area contributed by atoms with E-state index in [0.717, 1.165) is 16.9 Å². The number of nitrogens with one attached hydrogen (secondary N) is 2. The van der Waals surface area contributed by atoms with Gasteiger partial charge in [0.1, 0.15) is 11.5 Å². The van der Waals surface area contributed by atoms with Gasteiger partial charge in [0, 0.05) is 17.5 Å². The second-order valence-corrected chi connectivity index (χ2v) is 7.49. The quantitative estimate of drug-likeness (QED) is 0.578. The number of thiocarbonyl (C=S) groups is 1. The normalized spacial score (nSPS) is 16.2. The summed E-state index contributed by atoms with van der Waals surface area (Å²) in [6.07, 6.45) is 0. The first kappa shape index (κ1) is 20.6. The molecule has 3 aromatic rings. The number of amides is 1. The third kappa shape index (κ3) is 4.15. The molecule has 1 aliphatic rings. The minimum absolute atomic E-state index is 0.297. The van der Waals surface area contributed by atoms with E-state index in [0.29, 0.717) is 28.0 Å². The minimum Gasteiger partial charge on any atom is -0.497 e. The highest BCUT2D eigenvalue weighted by Crippen LogP contribution is 2.35. The van der Waals surface area contributed by atoms with E-state index in [-0.39, 0.29) is 5.91 Å². The lowest BCUT2D eigenvalue weighted by Crippen LogP contribution is -2.48. The number of benzene rings is 2. The van der Waals surface area contributed by atoms with Crippen molar-refractivity contribution in [3.63, 3.8) is 0 Å². The number of allylic oxidation sites excluding steroid dienone is 1. The van der Waals surface area contributed by atoms with Crippen molar-refractivity contribution in [2.75, 3.05) is 17.3 Å². The number of aryl methyl sites for hydroxylation is 1. The lowest BCUT2D eigenvalue weighted by atomic mass is 9.94. The van der Waals surface area contributed by atoms with E-state index < -0.39 is 6.04 Å². The van der Waals surface area contributed by atoms with Gasteiger partial charge >= 0.3 is 0 Å². The van der Waals surface area contributed by atoms with Crippen molar-refractivity contribution < 1.29 is 14.1 Å². The van der Waals surface area contributed by atoms with E-state index in [1.165, 1.54) is 0 Å². The van der Waals surface area contributed by atoms with Crippen LogP contribution < -0.4 is 20.3 Å². The molecule has 1 amide bonds. The minimum atomic E-state index is -0.462. The van der Waals surface area contributed by atoms with Gasteiger partial charge in [0.2, 0.25) is 0 Å². The molecule has 0 radical (unpaired) electrons. The maximum atomic E-state index is 13.4. The number of ether oxygens (including phenoxy) is 1. The SMILES string of the molecule is COc1cccc([C@H]2NC(=S)N(c3ccccc3)C(C)=C2C(=O)Nc2cc(C)on2)c1. The standard InChI is InChI=1S/C23H22N4O3S/c1-14-12-19(26-30-14)24-22(28)20-15(2)27(17-9-5-4-6-10-17)23(31)25-21(20)16-8-7-11-18(13-16)29-3/h4-13,21H,1-3H3,(H,25,31)(H,24,26,28)/t21-/m1/s1. The van der Waals surface area contributed by atoms with Crippen LogP contribution in [0.4, 0.5) is 11.5 Å². The third-order valence-electron chi connectivity index (χ3n) is 5.04. The molecule has 0 unspecified atom stereocenters. The van der Waals surface area contributed by atoms with Crippen molar-refractivity contribution in [2.45, 2.75) is 19.9 Å². The Balaban J connectivity index is 1.81. The second-order valence-electron chi connectivity index (χ2n) is 7.11. The second kappa shape index (κ2) is 8.61. The number of nitrogens with zero attached hydrogens (tertiary/aromatic N) is 2. The fraction of sp³-hybridized carbons (Fsp3) is 0.174. The van der Waals surface area contributed by atoms with Gasteiger partial charge < -0.3 is 19.9 Å². The number of para-hydroxylation sites is 1. The molecule has 2 heterocycles. The average molecular weight is 435 g/mol. The van der Waals surface area contributed by atoms with E-state index in [9.17, 15) is 4.79 Å². The molecule has 1 aromatic heterocycles. The predicted molar refractivity (Wildman–Crippen MR) is 123 cm³/mol. The molecule has 7 nitrogen and oxygen atoms in total. The van der Waals surface area contributed by atoms with Crippen molar-refractivity contribution in [2.24, 2.45) is 0 Å². The molecular weight excluding hydrogens is 412 g/mol. The molecule has 4 rings (SSSR count). The van der Waals surface area contributed by atoms with Crippen LogP contribution in [0, 0.1) is 6.92 Å². The smallest absolute Gasteiger partial charge is 0.257 e. The Morgan fingerprint density at radius 2 is 1.94 bits per heavy atom. The molecule has 158 valence electrons. The van der Waals surface area contributed by atoms with Crippen molar-refractivity contribution in [3.05, 3.63) is 83.3 Å². The van der Waals surface area contributed by atoms with Crippen LogP contribution >= 0.6 is 12.2 Å². The van der Waals surface area contributed by atoms with Crippen LogP contribution in [0.3, 0.4) is 0 Å². The Labute approximate surface area is 185 Å². The molecule has 0 saturated carbocycles. The van der Waals surface area contributed by atoms with Crippen LogP contribution in [-0.4, -0.2) is 23.3 Å². The Morgan fingerprint density at radius 3 is 2.61 bits per heavy atom. The third-order valence-corrected chi connectivity index (χ3v) is 5.34. The number of rotatable bonds is 5.